The summed E-state index contributed by atoms with van der Waals surface area (Å²) in [5.74, 6) is 2.72. The molecule has 18 heavy (non-hydrogen) atoms. The van der Waals surface area contributed by atoms with Crippen LogP contribution in [-0.4, -0.2) is 27.9 Å². The van der Waals surface area contributed by atoms with E-state index >= 15 is 0 Å². The molecule has 2 fully saturated rings. The van der Waals surface area contributed by atoms with Gasteiger partial charge in [-0.2, -0.15) is 4.98 Å². The third-order valence-corrected chi connectivity index (χ3v) is 4.16. The van der Waals surface area contributed by atoms with Gasteiger partial charge in [0.25, 0.3) is 0 Å². The molecule has 5 nitrogen and oxygen atoms in total. The van der Waals surface area contributed by atoms with E-state index in [4.69, 9.17) is 4.52 Å². The topological polar surface area (TPSA) is 71.2 Å². The first kappa shape index (κ1) is 12.1. The number of nitrogens with one attached hydrogen (secondary N) is 1. The van der Waals surface area contributed by atoms with Crippen molar-refractivity contribution in [1.29, 1.82) is 0 Å². The second-order valence-electron chi connectivity index (χ2n) is 5.81. The first-order valence-electron chi connectivity index (χ1n) is 6.97. The van der Waals surface area contributed by atoms with E-state index in [1.165, 1.54) is 25.7 Å². The largest absolute Gasteiger partial charge is 0.392 e. The summed E-state index contributed by atoms with van der Waals surface area (Å²) in [6, 6.07) is 0.0299. The molecule has 0 amide bonds. The molecule has 1 aromatic rings. The number of aromatic nitrogens is 2. The van der Waals surface area contributed by atoms with Crippen molar-refractivity contribution in [2.45, 2.75) is 57.1 Å². The van der Waals surface area contributed by atoms with Crippen LogP contribution in [0.4, 0.5) is 0 Å². The predicted molar refractivity (Wildman–Crippen MR) is 66.0 cm³/mol. The second-order valence-corrected chi connectivity index (χ2v) is 5.81. The SMILES string of the molecule is CC1CCCC(c2noc(C3CC(O)CN3)n2)C1. The summed E-state index contributed by atoms with van der Waals surface area (Å²) in [6.07, 6.45) is 5.29. The maximum Gasteiger partial charge on any atom is 0.243 e. The summed E-state index contributed by atoms with van der Waals surface area (Å²) in [5, 5.41) is 16.8. The van der Waals surface area contributed by atoms with Gasteiger partial charge in [-0.1, -0.05) is 24.9 Å². The molecule has 0 spiro atoms. The van der Waals surface area contributed by atoms with E-state index in [2.05, 4.69) is 22.4 Å². The van der Waals surface area contributed by atoms with Gasteiger partial charge < -0.3 is 14.9 Å². The molecule has 0 radical (unpaired) electrons. The van der Waals surface area contributed by atoms with Crippen LogP contribution in [0.5, 0.6) is 0 Å². The molecule has 1 aliphatic heterocycles. The van der Waals surface area contributed by atoms with E-state index in [-0.39, 0.29) is 12.1 Å². The monoisotopic (exact) mass is 251 g/mol. The predicted octanol–water partition coefficient (Wildman–Crippen LogP) is 1.76. The number of aliphatic hydroxyl groups is 1. The Bertz CT molecular complexity index is 407. The molecule has 5 heteroatoms. The quantitative estimate of drug-likeness (QED) is 0.838. The van der Waals surface area contributed by atoms with Gasteiger partial charge in [-0.15, -0.1) is 0 Å². The number of hydrogen-bond donors (Lipinski definition) is 2. The summed E-state index contributed by atoms with van der Waals surface area (Å²) in [5.41, 5.74) is 0. The van der Waals surface area contributed by atoms with Crippen molar-refractivity contribution in [2.24, 2.45) is 5.92 Å². The maximum atomic E-state index is 9.50. The van der Waals surface area contributed by atoms with Crippen LogP contribution >= 0.6 is 0 Å². The Morgan fingerprint density at radius 1 is 1.33 bits per heavy atom. The van der Waals surface area contributed by atoms with Gasteiger partial charge in [0.15, 0.2) is 5.82 Å². The Hall–Kier alpha value is -0.940. The molecule has 100 valence electrons. The standard InChI is InChI=1S/C13H21N3O2/c1-8-3-2-4-9(5-8)12-15-13(18-16-12)11-6-10(17)7-14-11/h8-11,14,17H,2-7H2,1H3. The smallest absolute Gasteiger partial charge is 0.243 e. The van der Waals surface area contributed by atoms with Crippen molar-refractivity contribution < 1.29 is 9.63 Å². The fraction of sp³-hybridized carbons (Fsp3) is 0.846. The Kier molecular flexibility index (Phi) is 3.35. The molecule has 4 atom stereocenters. The van der Waals surface area contributed by atoms with Gasteiger partial charge in [-0.25, -0.2) is 0 Å². The van der Waals surface area contributed by atoms with E-state index in [0.717, 1.165) is 11.7 Å². The molecular formula is C13H21N3O2. The highest BCUT2D eigenvalue weighted by Gasteiger charge is 2.30. The second kappa shape index (κ2) is 4.97. The highest BCUT2D eigenvalue weighted by molar-refractivity contribution is 5.02. The first-order chi connectivity index (χ1) is 8.72. The summed E-state index contributed by atoms with van der Waals surface area (Å²) in [7, 11) is 0. The molecule has 4 unspecified atom stereocenters. The zero-order chi connectivity index (χ0) is 12.5. The molecule has 1 aromatic heterocycles. The van der Waals surface area contributed by atoms with E-state index in [9.17, 15) is 5.11 Å². The highest BCUT2D eigenvalue weighted by atomic mass is 16.5. The fourth-order valence-corrected chi connectivity index (χ4v) is 3.13. The highest BCUT2D eigenvalue weighted by Crippen LogP contribution is 2.35. The molecule has 1 saturated heterocycles. The Balaban J connectivity index is 1.69. The van der Waals surface area contributed by atoms with Gasteiger partial charge in [0.1, 0.15) is 0 Å². The van der Waals surface area contributed by atoms with E-state index in [1.54, 1.807) is 0 Å². The molecule has 2 heterocycles. The lowest BCUT2D eigenvalue weighted by Gasteiger charge is -2.23. The van der Waals surface area contributed by atoms with Crippen LogP contribution in [0.15, 0.2) is 4.52 Å². The lowest BCUT2D eigenvalue weighted by Crippen LogP contribution is -2.15. The van der Waals surface area contributed by atoms with Crippen LogP contribution in [-0.2, 0) is 0 Å². The van der Waals surface area contributed by atoms with Crippen molar-refractivity contribution in [1.82, 2.24) is 15.5 Å². The molecule has 0 aromatic carbocycles. The Morgan fingerprint density at radius 2 is 2.22 bits per heavy atom. The molecule has 1 aliphatic carbocycles. The van der Waals surface area contributed by atoms with Crippen LogP contribution in [0.1, 0.15) is 62.7 Å². The molecule has 0 bridgehead atoms. The van der Waals surface area contributed by atoms with Gasteiger partial charge in [-0.3, -0.25) is 0 Å². The van der Waals surface area contributed by atoms with Crippen LogP contribution in [0, 0.1) is 5.92 Å². The lowest BCUT2D eigenvalue weighted by molar-refractivity contribution is 0.191. The van der Waals surface area contributed by atoms with E-state index in [1.807, 2.05) is 0 Å². The maximum absolute atomic E-state index is 9.50. The molecular weight excluding hydrogens is 230 g/mol. The zero-order valence-corrected chi connectivity index (χ0v) is 10.8. The third-order valence-electron chi connectivity index (χ3n) is 4.16. The molecule has 2 aliphatic rings. The van der Waals surface area contributed by atoms with Crippen molar-refractivity contribution in [3.63, 3.8) is 0 Å². The fourth-order valence-electron chi connectivity index (χ4n) is 3.13. The summed E-state index contributed by atoms with van der Waals surface area (Å²) in [6.45, 7) is 2.91. The lowest BCUT2D eigenvalue weighted by atomic mass is 9.82. The summed E-state index contributed by atoms with van der Waals surface area (Å²) in [4.78, 5) is 4.53. The Labute approximate surface area is 107 Å². The number of rotatable bonds is 2. The summed E-state index contributed by atoms with van der Waals surface area (Å²) >= 11 is 0. The van der Waals surface area contributed by atoms with Gasteiger partial charge in [0.05, 0.1) is 12.1 Å². The van der Waals surface area contributed by atoms with Gasteiger partial charge in [0.2, 0.25) is 5.89 Å². The Morgan fingerprint density at radius 3 is 2.94 bits per heavy atom. The van der Waals surface area contributed by atoms with Crippen molar-refractivity contribution in [3.05, 3.63) is 11.7 Å². The van der Waals surface area contributed by atoms with Crippen LogP contribution in [0.25, 0.3) is 0 Å². The molecule has 2 N–H and O–H groups in total. The van der Waals surface area contributed by atoms with Crippen molar-refractivity contribution in [2.75, 3.05) is 6.54 Å². The van der Waals surface area contributed by atoms with E-state index in [0.29, 0.717) is 24.8 Å². The van der Waals surface area contributed by atoms with Gasteiger partial charge >= 0.3 is 0 Å². The van der Waals surface area contributed by atoms with Crippen molar-refractivity contribution >= 4 is 0 Å². The molecule has 1 saturated carbocycles. The number of nitrogens with zero attached hydrogens (tertiary/aromatic N) is 2. The normalized spacial score (nSPS) is 37.0. The van der Waals surface area contributed by atoms with Crippen LogP contribution < -0.4 is 5.32 Å². The average molecular weight is 251 g/mol. The van der Waals surface area contributed by atoms with Crippen molar-refractivity contribution in [3.8, 4) is 0 Å². The number of aliphatic hydroxyl groups excluding tert-OH is 1. The van der Waals surface area contributed by atoms with Gasteiger partial charge in [-0.05, 0) is 25.2 Å². The first-order valence-corrected chi connectivity index (χ1v) is 6.97. The van der Waals surface area contributed by atoms with Crippen LogP contribution in [0.2, 0.25) is 0 Å². The number of hydrogen-bond acceptors (Lipinski definition) is 5. The molecule has 3 rings (SSSR count). The van der Waals surface area contributed by atoms with Gasteiger partial charge in [0, 0.05) is 12.5 Å². The number of β-amino-alcohol motifs (C(OH)–C–C–N with tert-alkyl or cyclic N) is 1. The minimum Gasteiger partial charge on any atom is -0.392 e. The average Bonchev–Trinajstić information content (AvgIpc) is 2.97. The van der Waals surface area contributed by atoms with Crippen LogP contribution in [0.3, 0.4) is 0 Å². The third kappa shape index (κ3) is 2.42. The van der Waals surface area contributed by atoms with E-state index < -0.39 is 0 Å². The summed E-state index contributed by atoms with van der Waals surface area (Å²) < 4.78 is 5.35. The minimum atomic E-state index is -0.292. The minimum absolute atomic E-state index is 0.0299. The zero-order valence-electron chi connectivity index (χ0n) is 10.8.